The molecule has 0 atom stereocenters. The molecule has 0 unspecified atom stereocenters. The van der Waals surface area contributed by atoms with Crippen LogP contribution < -0.4 is 10.1 Å². The molecule has 2 heterocycles. The molecule has 1 aliphatic rings. The Balaban J connectivity index is 1.69. The first kappa shape index (κ1) is 23.1. The average molecular weight is 428 g/mol. The lowest BCUT2D eigenvalue weighted by molar-refractivity contribution is 0.146. The second-order valence-corrected chi connectivity index (χ2v) is 9.48. The van der Waals surface area contributed by atoms with Crippen molar-refractivity contribution in [3.8, 4) is 5.75 Å². The van der Waals surface area contributed by atoms with Crippen molar-refractivity contribution in [1.82, 2.24) is 24.9 Å². The highest BCUT2D eigenvalue weighted by Gasteiger charge is 2.32. The maximum absolute atomic E-state index is 13.3. The van der Waals surface area contributed by atoms with Crippen LogP contribution in [-0.4, -0.2) is 57.9 Å². The van der Waals surface area contributed by atoms with Gasteiger partial charge >= 0.3 is 6.03 Å². The highest BCUT2D eigenvalue weighted by Crippen LogP contribution is 2.22. The largest absolute Gasteiger partial charge is 0.493 e. The van der Waals surface area contributed by atoms with Gasteiger partial charge in [-0.3, -0.25) is 4.68 Å². The molecule has 1 fully saturated rings. The van der Waals surface area contributed by atoms with Gasteiger partial charge in [-0.05, 0) is 56.5 Å². The average Bonchev–Trinajstić information content (AvgIpc) is 3.14. The molecule has 0 spiro atoms. The first-order valence-corrected chi connectivity index (χ1v) is 11.2. The van der Waals surface area contributed by atoms with Gasteiger partial charge in [-0.15, -0.1) is 0 Å². The van der Waals surface area contributed by atoms with E-state index in [1.807, 2.05) is 48.5 Å². The number of hydrogen-bond donors (Lipinski definition) is 1. The fraction of sp³-hybridized carbons (Fsp3) is 0.583. The van der Waals surface area contributed by atoms with Gasteiger partial charge in [0.2, 0.25) is 0 Å². The molecule has 1 aliphatic heterocycles. The van der Waals surface area contributed by atoms with Crippen LogP contribution in [0.15, 0.2) is 36.5 Å². The van der Waals surface area contributed by atoms with E-state index < -0.39 is 0 Å². The monoisotopic (exact) mass is 427 g/mol. The molecule has 0 saturated carbocycles. The van der Waals surface area contributed by atoms with E-state index in [2.05, 4.69) is 43.1 Å². The predicted molar refractivity (Wildman–Crippen MR) is 123 cm³/mol. The van der Waals surface area contributed by atoms with E-state index in [9.17, 15) is 4.79 Å². The number of amides is 2. The summed E-state index contributed by atoms with van der Waals surface area (Å²) in [6, 6.07) is 9.94. The summed E-state index contributed by atoms with van der Waals surface area (Å²) in [5.41, 5.74) is 1.76. The summed E-state index contributed by atoms with van der Waals surface area (Å²) >= 11 is 0. The normalized spacial score (nSPS) is 16.3. The van der Waals surface area contributed by atoms with Crippen molar-refractivity contribution in [2.45, 2.75) is 52.2 Å². The van der Waals surface area contributed by atoms with E-state index in [0.717, 1.165) is 42.9 Å². The molecule has 1 aromatic carbocycles. The number of rotatable bonds is 8. The van der Waals surface area contributed by atoms with Crippen LogP contribution >= 0.6 is 0 Å². The summed E-state index contributed by atoms with van der Waals surface area (Å²) < 4.78 is 7.55. The van der Waals surface area contributed by atoms with E-state index in [0.29, 0.717) is 25.6 Å². The zero-order valence-corrected chi connectivity index (χ0v) is 19.6. The molecule has 31 heavy (non-hydrogen) atoms. The molecule has 7 heteroatoms. The zero-order valence-electron chi connectivity index (χ0n) is 19.6. The van der Waals surface area contributed by atoms with Crippen LogP contribution in [0.25, 0.3) is 0 Å². The zero-order chi connectivity index (χ0) is 22.4. The van der Waals surface area contributed by atoms with Gasteiger partial charge in [0.1, 0.15) is 5.75 Å². The van der Waals surface area contributed by atoms with Crippen LogP contribution in [0.4, 0.5) is 4.79 Å². The van der Waals surface area contributed by atoms with Crippen molar-refractivity contribution in [1.29, 1.82) is 0 Å². The molecular weight excluding hydrogens is 390 g/mol. The molecule has 0 aliphatic carbocycles. The summed E-state index contributed by atoms with van der Waals surface area (Å²) in [6.07, 6.45) is 3.81. The van der Waals surface area contributed by atoms with Gasteiger partial charge in [-0.2, -0.15) is 5.10 Å². The molecule has 1 saturated heterocycles. The molecule has 1 aromatic heterocycles. The van der Waals surface area contributed by atoms with E-state index >= 15 is 0 Å². The van der Waals surface area contributed by atoms with Gasteiger partial charge in [0.05, 0.1) is 18.8 Å². The Morgan fingerprint density at radius 3 is 2.42 bits per heavy atom. The Bertz CT molecular complexity index is 838. The maximum atomic E-state index is 13.3. The van der Waals surface area contributed by atoms with Crippen molar-refractivity contribution in [2.24, 2.45) is 13.0 Å². The van der Waals surface area contributed by atoms with Crippen LogP contribution in [0.3, 0.4) is 0 Å². The quantitative estimate of drug-likeness (QED) is 0.699. The molecule has 0 radical (unpaired) electrons. The lowest BCUT2D eigenvalue weighted by Crippen LogP contribution is -2.55. The van der Waals surface area contributed by atoms with Crippen molar-refractivity contribution in [3.63, 3.8) is 0 Å². The number of piperidine rings is 1. The summed E-state index contributed by atoms with van der Waals surface area (Å²) in [5.74, 6) is 1.34. The predicted octanol–water partition coefficient (Wildman–Crippen LogP) is 3.65. The van der Waals surface area contributed by atoms with Crippen molar-refractivity contribution >= 4 is 6.03 Å². The van der Waals surface area contributed by atoms with Gasteiger partial charge < -0.3 is 19.9 Å². The van der Waals surface area contributed by atoms with E-state index in [1.165, 1.54) is 0 Å². The first-order valence-electron chi connectivity index (χ1n) is 11.2. The fourth-order valence-corrected chi connectivity index (χ4v) is 3.69. The number of hydrogen-bond acceptors (Lipinski definition) is 4. The fourth-order valence-electron chi connectivity index (χ4n) is 3.69. The maximum Gasteiger partial charge on any atom is 0.318 e. The number of nitrogens with one attached hydrogen (secondary N) is 1. The van der Waals surface area contributed by atoms with Crippen LogP contribution in [0.1, 0.15) is 44.9 Å². The lowest BCUT2D eigenvalue weighted by Gasteiger charge is -2.39. The minimum atomic E-state index is -0.180. The van der Waals surface area contributed by atoms with Crippen LogP contribution in [0.2, 0.25) is 0 Å². The number of urea groups is 1. The minimum Gasteiger partial charge on any atom is -0.493 e. The van der Waals surface area contributed by atoms with Crippen molar-refractivity contribution in [2.75, 3.05) is 26.7 Å². The second kappa shape index (κ2) is 10.2. The third kappa shape index (κ3) is 6.99. The van der Waals surface area contributed by atoms with Crippen LogP contribution in [0, 0.1) is 5.92 Å². The Labute approximate surface area is 186 Å². The van der Waals surface area contributed by atoms with E-state index in [1.54, 1.807) is 4.68 Å². The van der Waals surface area contributed by atoms with Gasteiger partial charge in [0.25, 0.3) is 0 Å². The first-order chi connectivity index (χ1) is 14.7. The number of carbonyl (C=O) groups excluding carboxylic acids is 1. The third-order valence-electron chi connectivity index (χ3n) is 5.79. The molecule has 0 bridgehead atoms. The summed E-state index contributed by atoms with van der Waals surface area (Å²) in [6.45, 7) is 10.1. The molecular formula is C24H37N5O2. The number of likely N-dealkylation sites (tertiary alicyclic amines) is 1. The number of aromatic nitrogens is 2. The van der Waals surface area contributed by atoms with Crippen molar-refractivity contribution in [3.05, 3.63) is 47.8 Å². The Morgan fingerprint density at radius 1 is 1.16 bits per heavy atom. The second-order valence-electron chi connectivity index (χ2n) is 9.48. The molecule has 2 aromatic rings. The highest BCUT2D eigenvalue weighted by molar-refractivity contribution is 5.75. The van der Waals surface area contributed by atoms with Crippen molar-refractivity contribution < 1.29 is 9.53 Å². The SMILES string of the molecule is CC(C)COc1ccc(CN(Cc2ccn(C)n2)C(=O)NC2(C)CCN(C)CC2)cc1. The summed E-state index contributed by atoms with van der Waals surface area (Å²) in [5, 5.41) is 7.78. The van der Waals surface area contributed by atoms with E-state index in [-0.39, 0.29) is 11.6 Å². The number of ether oxygens (including phenoxy) is 1. The minimum absolute atomic E-state index is 0.0437. The van der Waals surface area contributed by atoms with Gasteiger partial charge in [0, 0.05) is 38.4 Å². The van der Waals surface area contributed by atoms with E-state index in [4.69, 9.17) is 4.74 Å². The standard InChI is InChI=1S/C24H37N5O2/c1-19(2)18-31-22-8-6-20(7-9-22)16-29(17-21-10-13-28(5)26-21)23(30)25-24(3)11-14-27(4)15-12-24/h6-10,13,19H,11-12,14-18H2,1-5H3,(H,25,30). The third-order valence-corrected chi connectivity index (χ3v) is 5.79. The number of nitrogens with zero attached hydrogens (tertiary/aromatic N) is 4. The van der Waals surface area contributed by atoms with Gasteiger partial charge in [-0.25, -0.2) is 4.79 Å². The lowest BCUT2D eigenvalue weighted by atomic mass is 9.90. The topological polar surface area (TPSA) is 62.6 Å². The highest BCUT2D eigenvalue weighted by atomic mass is 16.5. The Morgan fingerprint density at radius 2 is 1.84 bits per heavy atom. The van der Waals surface area contributed by atoms with Gasteiger partial charge in [-0.1, -0.05) is 26.0 Å². The molecule has 170 valence electrons. The molecule has 7 nitrogen and oxygen atoms in total. The Kier molecular flexibility index (Phi) is 7.59. The number of carbonyl (C=O) groups is 1. The van der Waals surface area contributed by atoms with Crippen LogP contribution in [0.5, 0.6) is 5.75 Å². The Hall–Kier alpha value is -2.54. The molecule has 3 rings (SSSR count). The number of aryl methyl sites for hydroxylation is 1. The smallest absolute Gasteiger partial charge is 0.318 e. The van der Waals surface area contributed by atoms with Gasteiger partial charge in [0.15, 0.2) is 0 Å². The number of benzene rings is 1. The summed E-state index contributed by atoms with van der Waals surface area (Å²) in [4.78, 5) is 17.5. The molecule has 1 N–H and O–H groups in total. The molecule has 2 amide bonds. The summed E-state index contributed by atoms with van der Waals surface area (Å²) in [7, 11) is 4.02. The van der Waals surface area contributed by atoms with Crippen LogP contribution in [-0.2, 0) is 20.1 Å².